The third-order valence-corrected chi connectivity index (χ3v) is 3.34. The Hall–Kier alpha value is -1.85. The van der Waals surface area contributed by atoms with Crippen LogP contribution in [0.1, 0.15) is 17.5 Å². The molecule has 3 nitrogen and oxygen atoms in total. The van der Waals surface area contributed by atoms with Crippen molar-refractivity contribution in [2.75, 3.05) is 14.2 Å². The quantitative estimate of drug-likeness (QED) is 0.922. The third kappa shape index (κ3) is 2.69. The molecule has 0 atom stereocenters. The van der Waals surface area contributed by atoms with Crippen molar-refractivity contribution in [3.05, 3.63) is 23.3 Å². The molecule has 1 aromatic carbocycles. The minimum Gasteiger partial charge on any atom is -0.491 e. The number of aryl methyl sites for hydroxylation is 2. The second-order valence-electron chi connectivity index (χ2n) is 4.58. The molecule has 0 spiro atoms. The first-order valence-electron chi connectivity index (χ1n) is 6.16. The molecule has 20 heavy (non-hydrogen) atoms. The monoisotopic (exact) mass is 287 g/mol. The molecule has 2 rings (SSSR count). The van der Waals surface area contributed by atoms with E-state index in [-0.39, 0.29) is 6.42 Å². The molecule has 0 bridgehead atoms. The van der Waals surface area contributed by atoms with Crippen molar-refractivity contribution in [1.29, 1.82) is 0 Å². The molecule has 0 aliphatic rings. The molecule has 0 saturated heterocycles. The fourth-order valence-corrected chi connectivity index (χ4v) is 2.33. The Labute approximate surface area is 114 Å². The van der Waals surface area contributed by atoms with E-state index in [2.05, 4.69) is 4.98 Å². The summed E-state index contributed by atoms with van der Waals surface area (Å²) < 4.78 is 47.5. The molecule has 110 valence electrons. The first-order chi connectivity index (χ1) is 9.37. The van der Waals surface area contributed by atoms with Crippen molar-refractivity contribution in [2.45, 2.75) is 25.9 Å². The highest BCUT2D eigenvalue weighted by Crippen LogP contribution is 2.39. The highest BCUT2D eigenvalue weighted by Gasteiger charge is 2.27. The maximum Gasteiger partial charge on any atom is 0.389 e. The van der Waals surface area contributed by atoms with Crippen LogP contribution < -0.4 is 9.47 Å². The molecule has 1 aromatic heterocycles. The fraction of sp³-hybridized carbons (Fsp3) is 0.429. The van der Waals surface area contributed by atoms with Crippen molar-refractivity contribution >= 4 is 10.9 Å². The van der Waals surface area contributed by atoms with Gasteiger partial charge in [-0.1, -0.05) is 6.07 Å². The number of ether oxygens (including phenoxy) is 2. The number of halogens is 3. The van der Waals surface area contributed by atoms with Gasteiger partial charge in [0.15, 0.2) is 5.75 Å². The summed E-state index contributed by atoms with van der Waals surface area (Å²) in [5.74, 6) is 0.993. The maximum absolute atomic E-state index is 12.3. The summed E-state index contributed by atoms with van der Waals surface area (Å²) in [4.78, 5) is 3.04. The lowest BCUT2D eigenvalue weighted by Crippen LogP contribution is -2.09. The van der Waals surface area contributed by atoms with Crippen LogP contribution in [0.5, 0.6) is 11.6 Å². The van der Waals surface area contributed by atoms with Crippen molar-refractivity contribution < 1.29 is 22.6 Å². The van der Waals surface area contributed by atoms with Gasteiger partial charge in [-0.25, -0.2) is 0 Å². The van der Waals surface area contributed by atoms with Crippen LogP contribution in [-0.4, -0.2) is 25.4 Å². The van der Waals surface area contributed by atoms with Crippen LogP contribution in [0, 0.1) is 6.92 Å². The number of fused-ring (bicyclic) bond motifs is 1. The molecule has 2 aromatic rings. The van der Waals surface area contributed by atoms with E-state index in [0.29, 0.717) is 17.2 Å². The van der Waals surface area contributed by atoms with Crippen LogP contribution in [0.15, 0.2) is 12.1 Å². The fourth-order valence-electron chi connectivity index (χ4n) is 2.33. The lowest BCUT2D eigenvalue weighted by molar-refractivity contribution is -0.134. The Morgan fingerprint density at radius 1 is 1.15 bits per heavy atom. The first kappa shape index (κ1) is 14.6. The number of rotatable bonds is 4. The summed E-state index contributed by atoms with van der Waals surface area (Å²) in [6.07, 6.45) is -5.02. The predicted octanol–water partition coefficient (Wildman–Crippen LogP) is 3.99. The van der Waals surface area contributed by atoms with Gasteiger partial charge in [0.05, 0.1) is 19.7 Å². The molecule has 1 heterocycles. The molecule has 0 amide bonds. The number of hydrogen-bond donors (Lipinski definition) is 1. The Balaban J connectivity index is 2.46. The van der Waals surface area contributed by atoms with Crippen molar-refractivity contribution in [3.63, 3.8) is 0 Å². The largest absolute Gasteiger partial charge is 0.491 e. The van der Waals surface area contributed by atoms with Gasteiger partial charge in [0.1, 0.15) is 0 Å². The zero-order valence-corrected chi connectivity index (χ0v) is 11.5. The number of H-pyrrole nitrogens is 1. The van der Waals surface area contributed by atoms with Crippen LogP contribution in [0.25, 0.3) is 10.9 Å². The van der Waals surface area contributed by atoms with Crippen LogP contribution in [0.2, 0.25) is 0 Å². The summed E-state index contributed by atoms with van der Waals surface area (Å²) in [7, 11) is 3.01. The number of aromatic nitrogens is 1. The van der Waals surface area contributed by atoms with Gasteiger partial charge in [-0.05, 0) is 30.5 Å². The summed E-state index contributed by atoms with van der Waals surface area (Å²) in [6, 6.07) is 3.46. The van der Waals surface area contributed by atoms with E-state index in [1.807, 2.05) is 0 Å². The van der Waals surface area contributed by atoms with Gasteiger partial charge in [0.2, 0.25) is 5.88 Å². The van der Waals surface area contributed by atoms with E-state index in [1.54, 1.807) is 19.1 Å². The predicted molar refractivity (Wildman–Crippen MR) is 70.5 cm³/mol. The second-order valence-corrected chi connectivity index (χ2v) is 4.58. The number of aromatic amines is 1. The number of methoxy groups -OCH3 is 2. The topological polar surface area (TPSA) is 34.2 Å². The van der Waals surface area contributed by atoms with Crippen LogP contribution >= 0.6 is 0 Å². The molecule has 0 fully saturated rings. The zero-order chi connectivity index (χ0) is 14.9. The number of alkyl halides is 3. The van der Waals surface area contributed by atoms with E-state index in [9.17, 15) is 13.2 Å². The minimum atomic E-state index is -4.15. The van der Waals surface area contributed by atoms with E-state index in [0.717, 1.165) is 16.5 Å². The average Bonchev–Trinajstić information content (AvgIpc) is 2.75. The average molecular weight is 287 g/mol. The molecule has 0 radical (unpaired) electrons. The molecule has 0 saturated carbocycles. The molecule has 6 heteroatoms. The summed E-state index contributed by atoms with van der Waals surface area (Å²) >= 11 is 0. The van der Waals surface area contributed by atoms with Crippen LogP contribution in [-0.2, 0) is 6.42 Å². The van der Waals surface area contributed by atoms with Gasteiger partial charge in [0.25, 0.3) is 0 Å². The van der Waals surface area contributed by atoms with Gasteiger partial charge in [0, 0.05) is 11.8 Å². The summed E-state index contributed by atoms with van der Waals surface area (Å²) in [5.41, 5.74) is 2.23. The number of benzene rings is 1. The van der Waals surface area contributed by atoms with Crippen LogP contribution in [0.3, 0.4) is 0 Å². The Morgan fingerprint density at radius 2 is 1.85 bits per heavy atom. The normalized spacial score (nSPS) is 11.9. The highest BCUT2D eigenvalue weighted by molar-refractivity contribution is 5.93. The van der Waals surface area contributed by atoms with E-state index in [4.69, 9.17) is 9.47 Å². The van der Waals surface area contributed by atoms with E-state index < -0.39 is 12.6 Å². The summed E-state index contributed by atoms with van der Waals surface area (Å²) in [5, 5.41) is 0.768. The molecule has 0 aliphatic carbocycles. The molecule has 0 aliphatic heterocycles. The first-order valence-corrected chi connectivity index (χ1v) is 6.16. The number of nitrogens with one attached hydrogen (secondary N) is 1. The standard InChI is InChI=1S/C14H16F3NO2/c1-8-9(6-7-14(15,16)17)4-5-10-11(8)12(19-2)13(18-10)20-3/h4-5,18H,6-7H2,1-3H3. The van der Waals surface area contributed by atoms with Gasteiger partial charge >= 0.3 is 6.18 Å². The zero-order valence-electron chi connectivity index (χ0n) is 11.5. The molecule has 0 unspecified atom stereocenters. The molecular formula is C14H16F3NO2. The maximum atomic E-state index is 12.3. The second kappa shape index (κ2) is 5.26. The van der Waals surface area contributed by atoms with Crippen molar-refractivity contribution in [2.24, 2.45) is 0 Å². The van der Waals surface area contributed by atoms with Crippen molar-refractivity contribution in [1.82, 2.24) is 4.98 Å². The molecule has 1 N–H and O–H groups in total. The SMILES string of the molecule is COc1[nH]c2ccc(CCC(F)(F)F)c(C)c2c1OC. The smallest absolute Gasteiger partial charge is 0.389 e. The van der Waals surface area contributed by atoms with Gasteiger partial charge < -0.3 is 14.5 Å². The highest BCUT2D eigenvalue weighted by atomic mass is 19.4. The Kier molecular flexibility index (Phi) is 3.83. The molecular weight excluding hydrogens is 271 g/mol. The van der Waals surface area contributed by atoms with E-state index >= 15 is 0 Å². The van der Waals surface area contributed by atoms with Crippen molar-refractivity contribution in [3.8, 4) is 11.6 Å². The van der Waals surface area contributed by atoms with Gasteiger partial charge in [-0.15, -0.1) is 0 Å². The van der Waals surface area contributed by atoms with Crippen LogP contribution in [0.4, 0.5) is 13.2 Å². The third-order valence-electron chi connectivity index (χ3n) is 3.34. The Morgan fingerprint density at radius 3 is 2.40 bits per heavy atom. The van der Waals surface area contributed by atoms with Gasteiger partial charge in [-0.3, -0.25) is 0 Å². The lowest BCUT2D eigenvalue weighted by Gasteiger charge is -2.10. The van der Waals surface area contributed by atoms with Gasteiger partial charge in [-0.2, -0.15) is 13.2 Å². The lowest BCUT2D eigenvalue weighted by atomic mass is 10.00. The Bertz CT molecular complexity index is 617. The van der Waals surface area contributed by atoms with E-state index in [1.165, 1.54) is 14.2 Å². The summed E-state index contributed by atoms with van der Waals surface area (Å²) in [6.45, 7) is 1.80. The number of hydrogen-bond acceptors (Lipinski definition) is 2. The minimum absolute atomic E-state index is 0.0398.